The van der Waals surface area contributed by atoms with E-state index in [4.69, 9.17) is 0 Å². The van der Waals surface area contributed by atoms with E-state index in [1.807, 2.05) is 12.1 Å². The Morgan fingerprint density at radius 2 is 2.33 bits per heavy atom. The lowest BCUT2D eigenvalue weighted by molar-refractivity contribution is 0.206. The Balaban J connectivity index is 1.76. The summed E-state index contributed by atoms with van der Waals surface area (Å²) in [7, 11) is 2.18. The van der Waals surface area contributed by atoms with Gasteiger partial charge in [-0.25, -0.2) is 4.39 Å². The standard InChI is InChI=1S/C14H20BrFN2/c1-18-6-2-3-12(10-18)9-17-8-11-4-5-14(16)13(15)7-11/h4-5,7,12,17H,2-3,6,8-10H2,1H3. The smallest absolute Gasteiger partial charge is 0.137 e. The number of piperidine rings is 1. The monoisotopic (exact) mass is 314 g/mol. The summed E-state index contributed by atoms with van der Waals surface area (Å²) in [5.41, 5.74) is 1.12. The van der Waals surface area contributed by atoms with Crippen molar-refractivity contribution < 1.29 is 4.39 Å². The maximum absolute atomic E-state index is 13.1. The second-order valence-electron chi connectivity index (χ2n) is 5.15. The minimum Gasteiger partial charge on any atom is -0.312 e. The van der Waals surface area contributed by atoms with Crippen molar-refractivity contribution in [3.05, 3.63) is 34.1 Å². The number of halogens is 2. The summed E-state index contributed by atoms with van der Waals surface area (Å²) < 4.78 is 13.6. The average Bonchev–Trinajstić information content (AvgIpc) is 2.34. The van der Waals surface area contributed by atoms with Crippen LogP contribution in [0.2, 0.25) is 0 Å². The SMILES string of the molecule is CN1CCCC(CNCc2ccc(F)c(Br)c2)C1. The minimum atomic E-state index is -0.201. The van der Waals surface area contributed by atoms with Crippen LogP contribution < -0.4 is 5.32 Å². The molecule has 1 atom stereocenters. The Labute approximate surface area is 117 Å². The van der Waals surface area contributed by atoms with Gasteiger partial charge in [0, 0.05) is 13.1 Å². The Morgan fingerprint density at radius 3 is 3.06 bits per heavy atom. The maximum atomic E-state index is 13.1. The van der Waals surface area contributed by atoms with Crippen LogP contribution in [0.1, 0.15) is 18.4 Å². The van der Waals surface area contributed by atoms with Gasteiger partial charge in [0.1, 0.15) is 5.82 Å². The summed E-state index contributed by atoms with van der Waals surface area (Å²) >= 11 is 3.21. The molecule has 4 heteroatoms. The molecule has 0 amide bonds. The van der Waals surface area contributed by atoms with Crippen LogP contribution in [0.15, 0.2) is 22.7 Å². The molecule has 1 unspecified atom stereocenters. The Bertz CT molecular complexity index is 397. The molecule has 1 fully saturated rings. The highest BCUT2D eigenvalue weighted by atomic mass is 79.9. The van der Waals surface area contributed by atoms with Crippen molar-refractivity contribution in [2.45, 2.75) is 19.4 Å². The molecule has 0 radical (unpaired) electrons. The third kappa shape index (κ3) is 4.04. The van der Waals surface area contributed by atoms with E-state index < -0.39 is 0 Å². The topological polar surface area (TPSA) is 15.3 Å². The number of nitrogens with one attached hydrogen (secondary N) is 1. The van der Waals surface area contributed by atoms with Crippen LogP contribution >= 0.6 is 15.9 Å². The van der Waals surface area contributed by atoms with Crippen LogP contribution in [0.4, 0.5) is 4.39 Å². The predicted octanol–water partition coefficient (Wildman–Crippen LogP) is 3.02. The van der Waals surface area contributed by atoms with Gasteiger partial charge in [0.05, 0.1) is 4.47 Å². The zero-order chi connectivity index (χ0) is 13.0. The van der Waals surface area contributed by atoms with Gasteiger partial charge in [-0.15, -0.1) is 0 Å². The van der Waals surface area contributed by atoms with Gasteiger partial charge >= 0.3 is 0 Å². The van der Waals surface area contributed by atoms with Gasteiger partial charge in [0.15, 0.2) is 0 Å². The number of hydrogen-bond donors (Lipinski definition) is 1. The summed E-state index contributed by atoms with van der Waals surface area (Å²) in [6.07, 6.45) is 2.61. The van der Waals surface area contributed by atoms with Crippen molar-refractivity contribution in [2.24, 2.45) is 5.92 Å². The van der Waals surface area contributed by atoms with Gasteiger partial charge in [-0.3, -0.25) is 0 Å². The quantitative estimate of drug-likeness (QED) is 0.919. The van der Waals surface area contributed by atoms with E-state index in [0.717, 1.165) is 24.6 Å². The Morgan fingerprint density at radius 1 is 1.50 bits per heavy atom. The summed E-state index contributed by atoms with van der Waals surface area (Å²) in [6, 6.07) is 5.19. The van der Waals surface area contributed by atoms with Crippen LogP contribution in [0.3, 0.4) is 0 Å². The molecule has 0 saturated carbocycles. The highest BCUT2D eigenvalue weighted by Crippen LogP contribution is 2.17. The van der Waals surface area contributed by atoms with Gasteiger partial charge in [0.2, 0.25) is 0 Å². The first-order chi connectivity index (χ1) is 8.65. The highest BCUT2D eigenvalue weighted by Gasteiger charge is 2.16. The van der Waals surface area contributed by atoms with E-state index in [2.05, 4.69) is 33.2 Å². The summed E-state index contributed by atoms with van der Waals surface area (Å²) in [5.74, 6) is 0.542. The summed E-state index contributed by atoms with van der Waals surface area (Å²) in [6.45, 7) is 4.25. The zero-order valence-corrected chi connectivity index (χ0v) is 12.3. The normalized spacial score (nSPS) is 21.2. The number of likely N-dealkylation sites (tertiary alicyclic amines) is 1. The molecule has 1 aromatic carbocycles. The molecule has 1 heterocycles. The van der Waals surface area contributed by atoms with Crippen molar-refractivity contribution in [3.63, 3.8) is 0 Å². The van der Waals surface area contributed by atoms with E-state index in [9.17, 15) is 4.39 Å². The van der Waals surface area contributed by atoms with Crippen LogP contribution in [-0.2, 0) is 6.54 Å². The second kappa shape index (κ2) is 6.64. The summed E-state index contributed by atoms with van der Waals surface area (Å²) in [4.78, 5) is 2.39. The van der Waals surface area contributed by atoms with E-state index >= 15 is 0 Å². The fourth-order valence-corrected chi connectivity index (χ4v) is 2.94. The number of nitrogens with zero attached hydrogens (tertiary/aromatic N) is 1. The summed E-state index contributed by atoms with van der Waals surface area (Å²) in [5, 5.41) is 3.47. The third-order valence-electron chi connectivity index (χ3n) is 3.47. The average molecular weight is 315 g/mol. The molecule has 0 bridgehead atoms. The lowest BCUT2D eigenvalue weighted by Crippen LogP contribution is -2.37. The van der Waals surface area contributed by atoms with Crippen molar-refractivity contribution >= 4 is 15.9 Å². The molecular weight excluding hydrogens is 295 g/mol. The number of hydrogen-bond acceptors (Lipinski definition) is 2. The fraction of sp³-hybridized carbons (Fsp3) is 0.571. The molecule has 18 heavy (non-hydrogen) atoms. The molecule has 2 rings (SSSR count). The molecule has 0 spiro atoms. The molecule has 1 aliphatic heterocycles. The molecule has 2 nitrogen and oxygen atoms in total. The molecule has 1 saturated heterocycles. The molecule has 1 aliphatic rings. The number of benzene rings is 1. The van der Waals surface area contributed by atoms with E-state index in [1.54, 1.807) is 0 Å². The first-order valence-electron chi connectivity index (χ1n) is 6.48. The minimum absolute atomic E-state index is 0.201. The lowest BCUT2D eigenvalue weighted by atomic mass is 9.98. The van der Waals surface area contributed by atoms with Gasteiger partial charge < -0.3 is 10.2 Å². The largest absolute Gasteiger partial charge is 0.312 e. The maximum Gasteiger partial charge on any atom is 0.137 e. The van der Waals surface area contributed by atoms with Crippen molar-refractivity contribution in [1.29, 1.82) is 0 Å². The molecule has 1 aromatic rings. The molecule has 0 aliphatic carbocycles. The van der Waals surface area contributed by atoms with Gasteiger partial charge in [0.25, 0.3) is 0 Å². The number of rotatable bonds is 4. The van der Waals surface area contributed by atoms with Crippen molar-refractivity contribution in [2.75, 3.05) is 26.7 Å². The highest BCUT2D eigenvalue weighted by molar-refractivity contribution is 9.10. The van der Waals surface area contributed by atoms with Crippen molar-refractivity contribution in [3.8, 4) is 0 Å². The van der Waals surface area contributed by atoms with Gasteiger partial charge in [-0.2, -0.15) is 0 Å². The molecule has 0 aromatic heterocycles. The van der Waals surface area contributed by atoms with Crippen LogP contribution in [0.5, 0.6) is 0 Å². The van der Waals surface area contributed by atoms with E-state index in [-0.39, 0.29) is 5.82 Å². The third-order valence-corrected chi connectivity index (χ3v) is 4.08. The van der Waals surface area contributed by atoms with E-state index in [1.165, 1.54) is 32.0 Å². The van der Waals surface area contributed by atoms with Crippen LogP contribution in [0.25, 0.3) is 0 Å². The van der Waals surface area contributed by atoms with Crippen molar-refractivity contribution in [1.82, 2.24) is 10.2 Å². The lowest BCUT2D eigenvalue weighted by Gasteiger charge is -2.29. The van der Waals surface area contributed by atoms with Gasteiger partial charge in [-0.1, -0.05) is 6.07 Å². The predicted molar refractivity (Wildman–Crippen MR) is 76.0 cm³/mol. The van der Waals surface area contributed by atoms with Gasteiger partial charge in [-0.05, 0) is 72.5 Å². The first kappa shape index (κ1) is 14.0. The van der Waals surface area contributed by atoms with Crippen LogP contribution in [-0.4, -0.2) is 31.6 Å². The second-order valence-corrected chi connectivity index (χ2v) is 6.00. The molecule has 1 N–H and O–H groups in total. The fourth-order valence-electron chi connectivity index (χ4n) is 2.51. The molecule has 100 valence electrons. The Hall–Kier alpha value is -0.450. The zero-order valence-electron chi connectivity index (χ0n) is 10.8. The Kier molecular flexibility index (Phi) is 5.15. The first-order valence-corrected chi connectivity index (χ1v) is 7.27. The molecular formula is C14H20BrFN2. The van der Waals surface area contributed by atoms with Crippen LogP contribution in [0, 0.1) is 11.7 Å². The van der Waals surface area contributed by atoms with E-state index in [0.29, 0.717) is 4.47 Å².